The molecule has 0 aliphatic rings. The van der Waals surface area contributed by atoms with Gasteiger partial charge in [0.1, 0.15) is 0 Å². The number of aliphatic hydroxyl groups is 1. The predicted molar refractivity (Wildman–Crippen MR) is 220 cm³/mol. The first-order valence-electron chi connectivity index (χ1n) is 19.1. The Balaban J connectivity index is 2.90. The highest BCUT2D eigenvalue weighted by Gasteiger charge is 2.48. The molecule has 0 aliphatic heterocycles. The van der Waals surface area contributed by atoms with Crippen LogP contribution in [0.1, 0.15) is 200 Å². The maximum Gasteiger partial charge on any atom is 0.347 e. The van der Waals surface area contributed by atoms with Gasteiger partial charge in [-0.15, -0.1) is 0 Å². The van der Waals surface area contributed by atoms with Gasteiger partial charge < -0.3 is 85.3 Å². The van der Waals surface area contributed by atoms with Crippen molar-refractivity contribution >= 4 is 113 Å². The Morgan fingerprint density at radius 1 is 0.260 bits per heavy atom. The molecular formula is C41H22O36. The van der Waals surface area contributed by atoms with Crippen molar-refractivity contribution in [2.45, 2.75) is 13.3 Å². The van der Waals surface area contributed by atoms with Crippen molar-refractivity contribution in [2.75, 3.05) is 13.2 Å². The fourth-order valence-corrected chi connectivity index (χ4v) is 6.90. The van der Waals surface area contributed by atoms with Gasteiger partial charge >= 0.3 is 113 Å². The number of carboxylic acids is 12. The zero-order valence-corrected chi connectivity index (χ0v) is 36.8. The molecule has 0 amide bonds. The fourth-order valence-electron chi connectivity index (χ4n) is 6.90. The first-order chi connectivity index (χ1) is 35.5. The van der Waals surface area contributed by atoms with E-state index in [9.17, 15) is 157 Å². The number of carbonyl (C=O) groups excluding carboxylic acids is 7. The van der Waals surface area contributed by atoms with Crippen LogP contribution in [0.3, 0.4) is 0 Å². The lowest BCUT2D eigenvalue weighted by atomic mass is 9.85. The molecular weight excluding hydrogens is 1070 g/mol. The molecule has 0 saturated carbocycles. The maximum atomic E-state index is 14.5. The lowest BCUT2D eigenvalue weighted by Gasteiger charge is -2.21. The van der Waals surface area contributed by atoms with E-state index in [0.29, 0.717) is 0 Å². The summed E-state index contributed by atoms with van der Waals surface area (Å²) >= 11 is 0. The van der Waals surface area contributed by atoms with Crippen molar-refractivity contribution in [1.82, 2.24) is 0 Å². The fraction of sp³-hybridized carbons (Fsp3) is 0.0976. The third-order valence-electron chi connectivity index (χ3n) is 9.43. The molecule has 0 radical (unpaired) electrons. The summed E-state index contributed by atoms with van der Waals surface area (Å²) in [7, 11) is 0. The number of benzene rings is 3. The van der Waals surface area contributed by atoms with E-state index in [0.717, 1.165) is 0 Å². The smallest absolute Gasteiger partial charge is 0.347 e. The molecule has 36 nitrogen and oxygen atoms in total. The second-order valence-electron chi connectivity index (χ2n) is 13.9. The van der Waals surface area contributed by atoms with Gasteiger partial charge in [-0.05, 0) is 0 Å². The normalized spacial score (nSPS) is 10.4. The van der Waals surface area contributed by atoms with Gasteiger partial charge in [0.2, 0.25) is 0 Å². The Bertz CT molecular complexity index is 3290. The molecule has 3 rings (SSSR count). The van der Waals surface area contributed by atoms with Crippen LogP contribution < -0.4 is 0 Å². The summed E-state index contributed by atoms with van der Waals surface area (Å²) in [5.41, 5.74) is -43.3. The molecule has 0 atom stereocenters. The molecule has 36 heteroatoms. The summed E-state index contributed by atoms with van der Waals surface area (Å²) in [6, 6.07) is 0. The Labute approximate surface area is 416 Å². The monoisotopic (exact) mass is 1090 g/mol. The SMILES string of the molecule is CC(=O)OC(=O)c1c(C(=O)O)c(C(=O)O)c(C(=O)OCCCO)c(C(=O)OC(=O)c2c(C(=O)O)c(C(=O)O)c(C(=O)O)c(C(=O)O)c2C(=O)O)c1C(=O)OC(=O)c1c(C(=O)O)c(C(=O)O)c(C(=O)O)c(C(=O)O)c1C(=O)O. The second kappa shape index (κ2) is 22.7. The maximum absolute atomic E-state index is 14.5. The van der Waals surface area contributed by atoms with Crippen molar-refractivity contribution in [3.63, 3.8) is 0 Å². The molecule has 0 bridgehead atoms. The minimum atomic E-state index is -3.19. The number of hydrogen-bond donors (Lipinski definition) is 13. The summed E-state index contributed by atoms with van der Waals surface area (Å²) in [5, 5.41) is 129. The highest BCUT2D eigenvalue weighted by Crippen LogP contribution is 2.36. The van der Waals surface area contributed by atoms with E-state index < -0.39 is 233 Å². The van der Waals surface area contributed by atoms with Crippen LogP contribution in [0.2, 0.25) is 0 Å². The second-order valence-corrected chi connectivity index (χ2v) is 13.9. The van der Waals surface area contributed by atoms with Crippen LogP contribution in [-0.4, -0.2) is 193 Å². The standard InChI is InChI=1S/C41H22O36/c1-5(43)75-37(69)21-17(35(66)67)16(34(64)65)20(36(68)74-4-2-3-42)22(40(72)76-38(70)18-12(30(56)57)8(26(48)49)6(24(44)45)9(27(50)51)13(18)31(58)59)23(21)41(73)77-39(71)19-14(32(60)61)10(28(52)53)7(25(46)47)11(29(54)55)15(19)33(62)63/h42H,2-4H2,1H3,(H,44,45)(H,46,47)(H,48,49)(H,50,51)(H,52,53)(H,54,55)(H,56,57)(H,58,59)(H,60,61)(H,62,63)(H,64,65)(H,66,67). The number of ether oxygens (including phenoxy) is 4. The van der Waals surface area contributed by atoms with Gasteiger partial charge in [0, 0.05) is 20.0 Å². The van der Waals surface area contributed by atoms with E-state index in [1.54, 1.807) is 0 Å². The van der Waals surface area contributed by atoms with E-state index in [1.165, 1.54) is 0 Å². The van der Waals surface area contributed by atoms with Crippen LogP contribution in [0.15, 0.2) is 0 Å². The Hall–Kier alpha value is -11.9. The van der Waals surface area contributed by atoms with Crippen molar-refractivity contribution in [3.05, 3.63) is 100 Å². The van der Waals surface area contributed by atoms with Crippen LogP contribution in [0.25, 0.3) is 0 Å². The van der Waals surface area contributed by atoms with Gasteiger partial charge in [0.25, 0.3) is 0 Å². The van der Waals surface area contributed by atoms with E-state index in [1.807, 2.05) is 0 Å². The molecule has 13 N–H and O–H groups in total. The highest BCUT2D eigenvalue weighted by atomic mass is 16.6. The van der Waals surface area contributed by atoms with E-state index in [2.05, 4.69) is 18.9 Å². The topological polar surface area (TPSA) is 624 Å². The number of hydrogen-bond acceptors (Lipinski definition) is 24. The Morgan fingerprint density at radius 3 is 0.597 bits per heavy atom. The van der Waals surface area contributed by atoms with E-state index in [-0.39, 0.29) is 6.92 Å². The molecule has 3 aromatic rings. The molecule has 0 aromatic heterocycles. The van der Waals surface area contributed by atoms with Crippen molar-refractivity contribution < 1.29 is 176 Å². The summed E-state index contributed by atoms with van der Waals surface area (Å²) in [5.74, 6) is -53.9. The van der Waals surface area contributed by atoms with Gasteiger partial charge in [-0.3, -0.25) is 4.79 Å². The van der Waals surface area contributed by atoms with Crippen LogP contribution in [0.4, 0.5) is 0 Å². The number of rotatable bonds is 21. The number of esters is 7. The lowest BCUT2D eigenvalue weighted by Crippen LogP contribution is -2.33. The molecule has 402 valence electrons. The third kappa shape index (κ3) is 11.1. The van der Waals surface area contributed by atoms with Crippen LogP contribution in [0.5, 0.6) is 0 Å². The zero-order chi connectivity index (χ0) is 59.3. The third-order valence-corrected chi connectivity index (χ3v) is 9.43. The predicted octanol–water partition coefficient (Wildman–Crippen LogP) is -0.698. The molecule has 0 spiro atoms. The average Bonchev–Trinajstić information content (AvgIpc) is 3.29. The van der Waals surface area contributed by atoms with Gasteiger partial charge in [-0.1, -0.05) is 0 Å². The molecule has 3 aromatic carbocycles. The minimum Gasteiger partial charge on any atom is -0.478 e. The molecule has 0 unspecified atom stereocenters. The number of carbonyl (C=O) groups is 19. The van der Waals surface area contributed by atoms with Gasteiger partial charge in [0.15, 0.2) is 0 Å². The molecule has 0 heterocycles. The van der Waals surface area contributed by atoms with Gasteiger partial charge in [0.05, 0.1) is 107 Å². The van der Waals surface area contributed by atoms with Crippen molar-refractivity contribution in [1.29, 1.82) is 0 Å². The zero-order valence-electron chi connectivity index (χ0n) is 36.8. The Kier molecular flexibility index (Phi) is 17.5. The molecule has 0 fully saturated rings. The number of aromatic carboxylic acids is 12. The molecule has 77 heavy (non-hydrogen) atoms. The number of aliphatic hydroxyl groups excluding tert-OH is 1. The van der Waals surface area contributed by atoms with Crippen LogP contribution in [0, 0.1) is 0 Å². The quantitative estimate of drug-likeness (QED) is 0.0271. The first kappa shape index (κ1) is 59.5. The van der Waals surface area contributed by atoms with E-state index >= 15 is 0 Å². The Morgan fingerprint density at radius 2 is 0.416 bits per heavy atom. The van der Waals surface area contributed by atoms with E-state index in [4.69, 9.17) is 0 Å². The van der Waals surface area contributed by atoms with Crippen molar-refractivity contribution in [2.24, 2.45) is 0 Å². The summed E-state index contributed by atoms with van der Waals surface area (Å²) in [6.07, 6.45) is -0.722. The summed E-state index contributed by atoms with van der Waals surface area (Å²) < 4.78 is 17.6. The highest BCUT2D eigenvalue weighted by molar-refractivity contribution is 6.29. The van der Waals surface area contributed by atoms with Gasteiger partial charge in [-0.2, -0.15) is 0 Å². The first-order valence-corrected chi connectivity index (χ1v) is 19.1. The van der Waals surface area contributed by atoms with Crippen LogP contribution >= 0.6 is 0 Å². The summed E-state index contributed by atoms with van der Waals surface area (Å²) in [6.45, 7) is -1.90. The lowest BCUT2D eigenvalue weighted by molar-refractivity contribution is -0.135. The molecule has 0 aliphatic carbocycles. The molecule has 0 saturated heterocycles. The van der Waals surface area contributed by atoms with Gasteiger partial charge in [-0.25, -0.2) is 86.3 Å². The summed E-state index contributed by atoms with van der Waals surface area (Å²) in [4.78, 5) is 247. The minimum absolute atomic E-state index is 0.271. The van der Waals surface area contributed by atoms with Crippen LogP contribution in [-0.2, 0) is 23.7 Å². The largest absolute Gasteiger partial charge is 0.478 e. The average molecular weight is 1090 g/mol. The number of carboxylic acid groups (broad SMARTS) is 12. The van der Waals surface area contributed by atoms with Crippen molar-refractivity contribution in [3.8, 4) is 0 Å².